The molecule has 7 nitrogen and oxygen atoms in total. The molecular formula is C15H20N2O5. The molecule has 0 bridgehead atoms. The van der Waals surface area contributed by atoms with Gasteiger partial charge in [0, 0.05) is 13.0 Å². The van der Waals surface area contributed by atoms with Gasteiger partial charge in [0.2, 0.25) is 11.8 Å². The van der Waals surface area contributed by atoms with Gasteiger partial charge >= 0.3 is 5.97 Å². The summed E-state index contributed by atoms with van der Waals surface area (Å²) in [4.78, 5) is 36.2. The molecule has 22 heavy (non-hydrogen) atoms. The number of hydrogen-bond donors (Lipinski definition) is 2. The highest BCUT2D eigenvalue weighted by Crippen LogP contribution is 2.14. The van der Waals surface area contributed by atoms with Gasteiger partial charge in [-0.2, -0.15) is 0 Å². The van der Waals surface area contributed by atoms with Gasteiger partial charge in [-0.25, -0.2) is 4.79 Å². The molecule has 0 radical (unpaired) electrons. The third-order valence-corrected chi connectivity index (χ3v) is 3.66. The van der Waals surface area contributed by atoms with Crippen LogP contribution < -0.4 is 5.32 Å². The summed E-state index contributed by atoms with van der Waals surface area (Å²) >= 11 is 0. The Bertz CT molecular complexity index is 578. The summed E-state index contributed by atoms with van der Waals surface area (Å²) in [5, 5.41) is 11.6. The third kappa shape index (κ3) is 4.09. The molecule has 120 valence electrons. The molecule has 0 aliphatic carbocycles. The van der Waals surface area contributed by atoms with Crippen molar-refractivity contribution in [2.75, 3.05) is 13.1 Å². The zero-order chi connectivity index (χ0) is 16.1. The molecular weight excluding hydrogens is 288 g/mol. The fraction of sp³-hybridized carbons (Fsp3) is 0.533. The van der Waals surface area contributed by atoms with E-state index in [1.54, 1.807) is 11.8 Å². The Morgan fingerprint density at radius 2 is 2.14 bits per heavy atom. The molecule has 2 amide bonds. The maximum atomic E-state index is 11.9. The average Bonchev–Trinajstić information content (AvgIpc) is 2.73. The Morgan fingerprint density at radius 3 is 2.82 bits per heavy atom. The van der Waals surface area contributed by atoms with Gasteiger partial charge < -0.3 is 19.7 Å². The lowest BCUT2D eigenvalue weighted by Gasteiger charge is -2.19. The number of nitrogens with one attached hydrogen (secondary N) is 1. The van der Waals surface area contributed by atoms with Gasteiger partial charge in [0.25, 0.3) is 0 Å². The summed E-state index contributed by atoms with van der Waals surface area (Å²) in [5.74, 6) is -0.644. The molecule has 1 aliphatic rings. The quantitative estimate of drug-likeness (QED) is 0.854. The van der Waals surface area contributed by atoms with Crippen LogP contribution in [0.15, 0.2) is 10.5 Å². The van der Waals surface area contributed by atoms with Crippen LogP contribution in [0, 0.1) is 6.92 Å². The molecule has 0 unspecified atom stereocenters. The minimum absolute atomic E-state index is 0.00894. The number of likely N-dealkylation sites (tertiary alicyclic amines) is 1. The number of aryl methyl sites for hydroxylation is 1. The molecule has 7 heteroatoms. The molecule has 1 aromatic heterocycles. The Balaban J connectivity index is 1.86. The molecule has 2 heterocycles. The summed E-state index contributed by atoms with van der Waals surface area (Å²) in [7, 11) is 0. The second-order valence-electron chi connectivity index (χ2n) is 5.39. The first-order valence-corrected chi connectivity index (χ1v) is 7.34. The van der Waals surface area contributed by atoms with Crippen molar-refractivity contribution >= 4 is 17.8 Å². The molecule has 1 aromatic rings. The zero-order valence-electron chi connectivity index (χ0n) is 12.6. The maximum Gasteiger partial charge on any atom is 0.339 e. The second kappa shape index (κ2) is 7.11. The minimum atomic E-state index is -1.06. The fourth-order valence-corrected chi connectivity index (χ4v) is 2.46. The second-order valence-corrected chi connectivity index (χ2v) is 5.39. The van der Waals surface area contributed by atoms with Gasteiger partial charge in [0.15, 0.2) is 0 Å². The van der Waals surface area contributed by atoms with Crippen molar-refractivity contribution in [1.29, 1.82) is 0 Å². The van der Waals surface area contributed by atoms with E-state index in [-0.39, 0.29) is 30.5 Å². The Hall–Kier alpha value is -2.31. The molecule has 1 fully saturated rings. The summed E-state index contributed by atoms with van der Waals surface area (Å²) in [6.45, 7) is 2.30. The summed E-state index contributed by atoms with van der Waals surface area (Å²) in [5.41, 5.74) is 0.0898. The number of rotatable bonds is 5. The predicted molar refractivity (Wildman–Crippen MR) is 77.3 cm³/mol. The van der Waals surface area contributed by atoms with Crippen molar-refractivity contribution in [3.8, 4) is 0 Å². The summed E-state index contributed by atoms with van der Waals surface area (Å²) in [6, 6.07) is 1.40. The van der Waals surface area contributed by atoms with Crippen LogP contribution in [-0.4, -0.2) is 40.9 Å². The first-order chi connectivity index (χ1) is 10.5. The van der Waals surface area contributed by atoms with Gasteiger partial charge in [0.05, 0.1) is 13.1 Å². The molecule has 0 saturated carbocycles. The van der Waals surface area contributed by atoms with Crippen molar-refractivity contribution in [2.24, 2.45) is 0 Å². The monoisotopic (exact) mass is 308 g/mol. The zero-order valence-corrected chi connectivity index (χ0v) is 12.6. The number of nitrogens with zero attached hydrogens (tertiary/aromatic N) is 1. The maximum absolute atomic E-state index is 11.9. The Kier molecular flexibility index (Phi) is 5.19. The van der Waals surface area contributed by atoms with Crippen molar-refractivity contribution in [1.82, 2.24) is 10.2 Å². The van der Waals surface area contributed by atoms with E-state index >= 15 is 0 Å². The van der Waals surface area contributed by atoms with E-state index in [0.29, 0.717) is 24.5 Å². The van der Waals surface area contributed by atoms with Crippen LogP contribution in [-0.2, 0) is 16.1 Å². The molecule has 0 aromatic carbocycles. The van der Waals surface area contributed by atoms with Gasteiger partial charge in [-0.05, 0) is 25.8 Å². The van der Waals surface area contributed by atoms with E-state index in [2.05, 4.69) is 5.32 Å². The SMILES string of the molecule is Cc1oc(CNC(=O)CN2CCCCCC2=O)cc1C(=O)O. The van der Waals surface area contributed by atoms with Crippen molar-refractivity contribution in [2.45, 2.75) is 39.2 Å². The first kappa shape index (κ1) is 16.1. The number of amides is 2. The lowest BCUT2D eigenvalue weighted by atomic mass is 10.2. The number of aromatic carboxylic acids is 1. The lowest BCUT2D eigenvalue weighted by Crippen LogP contribution is -2.40. The van der Waals surface area contributed by atoms with Crippen LogP contribution >= 0.6 is 0 Å². The van der Waals surface area contributed by atoms with E-state index in [0.717, 1.165) is 19.3 Å². The average molecular weight is 308 g/mol. The number of hydrogen-bond acceptors (Lipinski definition) is 4. The number of furan rings is 1. The standard InChI is InChI=1S/C15H20N2O5/c1-10-12(15(20)21)7-11(22-10)8-16-13(18)9-17-6-4-2-3-5-14(17)19/h7H,2-6,8-9H2,1H3,(H,16,18)(H,20,21). The third-order valence-electron chi connectivity index (χ3n) is 3.66. The van der Waals surface area contributed by atoms with E-state index < -0.39 is 5.97 Å². The molecule has 0 atom stereocenters. The van der Waals surface area contributed by atoms with Crippen LogP contribution in [0.5, 0.6) is 0 Å². The largest absolute Gasteiger partial charge is 0.478 e. The van der Waals surface area contributed by atoms with Crippen LogP contribution in [0.1, 0.15) is 47.6 Å². The van der Waals surface area contributed by atoms with E-state index in [1.165, 1.54) is 6.07 Å². The highest BCUT2D eigenvalue weighted by molar-refractivity contribution is 5.89. The molecule has 0 spiro atoms. The van der Waals surface area contributed by atoms with Gasteiger partial charge in [-0.15, -0.1) is 0 Å². The lowest BCUT2D eigenvalue weighted by molar-refractivity contribution is -0.135. The minimum Gasteiger partial charge on any atom is -0.478 e. The smallest absolute Gasteiger partial charge is 0.339 e. The highest BCUT2D eigenvalue weighted by Gasteiger charge is 2.19. The number of carboxylic acids is 1. The number of carbonyl (C=O) groups excluding carboxylic acids is 2. The van der Waals surface area contributed by atoms with E-state index in [1.807, 2.05) is 0 Å². The van der Waals surface area contributed by atoms with Crippen molar-refractivity contribution in [3.05, 3.63) is 23.2 Å². The summed E-state index contributed by atoms with van der Waals surface area (Å²) < 4.78 is 5.28. The van der Waals surface area contributed by atoms with Crippen LogP contribution in [0.3, 0.4) is 0 Å². The molecule has 1 saturated heterocycles. The highest BCUT2D eigenvalue weighted by atomic mass is 16.4. The Labute approximate surface area is 128 Å². The van der Waals surface area contributed by atoms with Crippen LogP contribution in [0.2, 0.25) is 0 Å². The van der Waals surface area contributed by atoms with Crippen molar-refractivity contribution in [3.63, 3.8) is 0 Å². The van der Waals surface area contributed by atoms with Gasteiger partial charge in [-0.3, -0.25) is 9.59 Å². The topological polar surface area (TPSA) is 99.9 Å². The normalized spacial score (nSPS) is 15.5. The van der Waals surface area contributed by atoms with E-state index in [4.69, 9.17) is 9.52 Å². The number of carboxylic acid groups (broad SMARTS) is 1. The van der Waals surface area contributed by atoms with Gasteiger partial charge in [0.1, 0.15) is 17.1 Å². The predicted octanol–water partition coefficient (Wildman–Crippen LogP) is 1.31. The number of carbonyl (C=O) groups is 3. The summed E-state index contributed by atoms with van der Waals surface area (Å²) in [6.07, 6.45) is 3.29. The molecule has 2 rings (SSSR count). The first-order valence-electron chi connectivity index (χ1n) is 7.34. The van der Waals surface area contributed by atoms with Crippen LogP contribution in [0.4, 0.5) is 0 Å². The molecule has 1 aliphatic heterocycles. The van der Waals surface area contributed by atoms with Crippen LogP contribution in [0.25, 0.3) is 0 Å². The molecule has 2 N–H and O–H groups in total. The Morgan fingerprint density at radius 1 is 1.36 bits per heavy atom. The van der Waals surface area contributed by atoms with Crippen molar-refractivity contribution < 1.29 is 23.9 Å². The fourth-order valence-electron chi connectivity index (χ4n) is 2.46. The van der Waals surface area contributed by atoms with Gasteiger partial charge in [-0.1, -0.05) is 6.42 Å². The van der Waals surface area contributed by atoms with E-state index in [9.17, 15) is 14.4 Å².